The lowest BCUT2D eigenvalue weighted by Crippen LogP contribution is -2.42. The number of hydrogen-bond acceptors (Lipinski definition) is 2. The number of rotatable bonds is 3. The van der Waals surface area contributed by atoms with E-state index in [1.54, 1.807) is 12.1 Å². The lowest BCUT2D eigenvalue weighted by molar-refractivity contribution is 0.106. The monoisotopic (exact) mass is 280 g/mol. The lowest BCUT2D eigenvalue weighted by Gasteiger charge is -2.38. The molecule has 1 heterocycles. The van der Waals surface area contributed by atoms with Crippen molar-refractivity contribution in [2.75, 3.05) is 6.54 Å². The third kappa shape index (κ3) is 3.31. The summed E-state index contributed by atoms with van der Waals surface area (Å²) in [6.07, 6.45) is 2.46. The molecule has 0 amide bonds. The van der Waals surface area contributed by atoms with Crippen molar-refractivity contribution >= 4 is 17.2 Å². The molecule has 1 aliphatic heterocycles. The summed E-state index contributed by atoms with van der Waals surface area (Å²) in [7, 11) is 0. The standard InChI is InChI=1S/C15H21FN2S/c1-10-4-3-7-18(11(10)2)9-12-8-13(16)5-6-14(12)15(17)19/h5-6,8,10-11H,3-4,7,9H2,1-2H3,(H2,17,19). The first kappa shape index (κ1) is 14.4. The second kappa shape index (κ2) is 5.97. The van der Waals surface area contributed by atoms with Crippen molar-refractivity contribution in [1.82, 2.24) is 4.90 Å². The minimum atomic E-state index is -0.229. The first-order chi connectivity index (χ1) is 8.99. The van der Waals surface area contributed by atoms with E-state index in [9.17, 15) is 4.39 Å². The van der Waals surface area contributed by atoms with Gasteiger partial charge in [0.25, 0.3) is 0 Å². The van der Waals surface area contributed by atoms with Gasteiger partial charge in [0.1, 0.15) is 10.8 Å². The highest BCUT2D eigenvalue weighted by Crippen LogP contribution is 2.25. The Balaban J connectivity index is 2.22. The molecule has 0 spiro atoms. The van der Waals surface area contributed by atoms with Gasteiger partial charge in [-0.05, 0) is 56.0 Å². The van der Waals surface area contributed by atoms with E-state index < -0.39 is 0 Å². The summed E-state index contributed by atoms with van der Waals surface area (Å²) in [5, 5.41) is 0. The van der Waals surface area contributed by atoms with Crippen molar-refractivity contribution in [3.8, 4) is 0 Å². The van der Waals surface area contributed by atoms with Crippen molar-refractivity contribution in [3.05, 3.63) is 35.1 Å². The van der Waals surface area contributed by atoms with Gasteiger partial charge >= 0.3 is 0 Å². The topological polar surface area (TPSA) is 29.3 Å². The molecular weight excluding hydrogens is 259 g/mol. The van der Waals surface area contributed by atoms with E-state index >= 15 is 0 Å². The molecule has 2 rings (SSSR count). The quantitative estimate of drug-likeness (QED) is 0.863. The molecule has 1 aliphatic rings. The van der Waals surface area contributed by atoms with Crippen LogP contribution in [-0.2, 0) is 6.54 Å². The number of benzene rings is 1. The van der Waals surface area contributed by atoms with E-state index in [0.717, 1.165) is 24.2 Å². The van der Waals surface area contributed by atoms with Crippen LogP contribution in [0.4, 0.5) is 4.39 Å². The second-order valence-electron chi connectivity index (χ2n) is 5.50. The Labute approximate surface area is 119 Å². The van der Waals surface area contributed by atoms with Crippen LogP contribution in [0.2, 0.25) is 0 Å². The zero-order chi connectivity index (χ0) is 14.0. The highest BCUT2D eigenvalue weighted by atomic mass is 32.1. The zero-order valence-corrected chi connectivity index (χ0v) is 12.3. The second-order valence-corrected chi connectivity index (χ2v) is 5.94. The fraction of sp³-hybridized carbons (Fsp3) is 0.533. The van der Waals surface area contributed by atoms with Crippen LogP contribution in [0.15, 0.2) is 18.2 Å². The summed E-state index contributed by atoms with van der Waals surface area (Å²) in [6.45, 7) is 6.29. The van der Waals surface area contributed by atoms with Crippen molar-refractivity contribution in [3.63, 3.8) is 0 Å². The lowest BCUT2D eigenvalue weighted by atomic mass is 9.91. The fourth-order valence-corrected chi connectivity index (χ4v) is 3.00. The molecule has 2 atom stereocenters. The molecule has 4 heteroatoms. The minimum Gasteiger partial charge on any atom is -0.389 e. The van der Waals surface area contributed by atoms with Crippen molar-refractivity contribution < 1.29 is 4.39 Å². The number of likely N-dealkylation sites (tertiary alicyclic amines) is 1. The molecule has 104 valence electrons. The van der Waals surface area contributed by atoms with Crippen LogP contribution < -0.4 is 5.73 Å². The van der Waals surface area contributed by atoms with Gasteiger partial charge in [0.2, 0.25) is 0 Å². The smallest absolute Gasteiger partial charge is 0.123 e. The molecule has 2 N–H and O–H groups in total. The van der Waals surface area contributed by atoms with Gasteiger partial charge in [-0.15, -0.1) is 0 Å². The largest absolute Gasteiger partial charge is 0.389 e. The van der Waals surface area contributed by atoms with Crippen LogP contribution in [0.25, 0.3) is 0 Å². The predicted molar refractivity (Wildman–Crippen MR) is 80.6 cm³/mol. The molecule has 1 fully saturated rings. The van der Waals surface area contributed by atoms with Gasteiger partial charge in [0.15, 0.2) is 0 Å². The molecule has 2 nitrogen and oxygen atoms in total. The molecule has 19 heavy (non-hydrogen) atoms. The normalized spacial score (nSPS) is 24.4. The maximum atomic E-state index is 13.4. The third-order valence-corrected chi connectivity index (χ3v) is 4.43. The van der Waals surface area contributed by atoms with Gasteiger partial charge in [0, 0.05) is 18.2 Å². The maximum absolute atomic E-state index is 13.4. The predicted octanol–water partition coefficient (Wildman–Crippen LogP) is 3.08. The van der Waals surface area contributed by atoms with Crippen LogP contribution in [-0.4, -0.2) is 22.5 Å². The van der Waals surface area contributed by atoms with Crippen molar-refractivity contribution in [1.29, 1.82) is 0 Å². The Bertz CT molecular complexity index is 475. The van der Waals surface area contributed by atoms with Crippen LogP contribution in [0.3, 0.4) is 0 Å². The van der Waals surface area contributed by atoms with E-state index in [1.807, 2.05) is 0 Å². The fourth-order valence-electron chi connectivity index (χ4n) is 2.80. The Kier molecular flexibility index (Phi) is 4.53. The van der Waals surface area contributed by atoms with Gasteiger partial charge in [-0.25, -0.2) is 4.39 Å². The Hall–Kier alpha value is -1.00. The van der Waals surface area contributed by atoms with Gasteiger partial charge in [-0.1, -0.05) is 19.1 Å². The minimum absolute atomic E-state index is 0.229. The molecule has 1 aromatic rings. The van der Waals surface area contributed by atoms with E-state index in [2.05, 4.69) is 18.7 Å². The third-order valence-electron chi connectivity index (χ3n) is 4.21. The molecule has 2 unspecified atom stereocenters. The summed E-state index contributed by atoms with van der Waals surface area (Å²) in [4.78, 5) is 2.73. The highest BCUT2D eigenvalue weighted by Gasteiger charge is 2.25. The average molecular weight is 280 g/mol. The SMILES string of the molecule is CC1CCCN(Cc2cc(F)ccc2C(N)=S)C1C. The van der Waals surface area contributed by atoms with Crippen LogP contribution in [0, 0.1) is 11.7 Å². The molecule has 0 bridgehead atoms. The van der Waals surface area contributed by atoms with Crippen molar-refractivity contribution in [2.45, 2.75) is 39.3 Å². The van der Waals surface area contributed by atoms with Crippen LogP contribution in [0.1, 0.15) is 37.8 Å². The van der Waals surface area contributed by atoms with E-state index in [0.29, 0.717) is 16.9 Å². The number of piperidine rings is 1. The Morgan fingerprint density at radius 1 is 1.47 bits per heavy atom. The van der Waals surface area contributed by atoms with Crippen LogP contribution in [0.5, 0.6) is 0 Å². The Morgan fingerprint density at radius 3 is 2.89 bits per heavy atom. The molecule has 0 radical (unpaired) electrons. The molecule has 1 saturated heterocycles. The summed E-state index contributed by atoms with van der Waals surface area (Å²) in [6, 6.07) is 5.17. The number of thiocarbonyl (C=S) groups is 1. The molecule has 1 aromatic carbocycles. The van der Waals surface area contributed by atoms with Gasteiger partial charge in [-0.3, -0.25) is 4.90 Å². The average Bonchev–Trinajstić information content (AvgIpc) is 2.35. The number of nitrogens with two attached hydrogens (primary N) is 1. The van der Waals surface area contributed by atoms with Gasteiger partial charge < -0.3 is 5.73 Å². The van der Waals surface area contributed by atoms with E-state index in [-0.39, 0.29) is 5.82 Å². The summed E-state index contributed by atoms with van der Waals surface area (Å²) < 4.78 is 13.4. The molecule has 0 saturated carbocycles. The number of halogens is 1. The molecular formula is C15H21FN2S. The van der Waals surface area contributed by atoms with Crippen LogP contribution >= 0.6 is 12.2 Å². The Morgan fingerprint density at radius 2 is 2.21 bits per heavy atom. The first-order valence-corrected chi connectivity index (χ1v) is 7.22. The van der Waals surface area contributed by atoms with Gasteiger partial charge in [0.05, 0.1) is 0 Å². The van der Waals surface area contributed by atoms with E-state index in [4.69, 9.17) is 18.0 Å². The van der Waals surface area contributed by atoms with Crippen molar-refractivity contribution in [2.24, 2.45) is 11.7 Å². The highest BCUT2D eigenvalue weighted by molar-refractivity contribution is 7.80. The molecule has 0 aromatic heterocycles. The zero-order valence-electron chi connectivity index (χ0n) is 11.5. The first-order valence-electron chi connectivity index (χ1n) is 6.81. The maximum Gasteiger partial charge on any atom is 0.123 e. The summed E-state index contributed by atoms with van der Waals surface area (Å²) in [5.41, 5.74) is 7.41. The molecule has 0 aliphatic carbocycles. The number of hydrogen-bond donors (Lipinski definition) is 1. The summed E-state index contributed by atoms with van der Waals surface area (Å²) in [5.74, 6) is 0.447. The number of nitrogens with zero attached hydrogens (tertiary/aromatic N) is 1. The summed E-state index contributed by atoms with van der Waals surface area (Å²) >= 11 is 5.05. The van der Waals surface area contributed by atoms with Gasteiger partial charge in [-0.2, -0.15) is 0 Å². The van der Waals surface area contributed by atoms with E-state index in [1.165, 1.54) is 18.9 Å².